The summed E-state index contributed by atoms with van der Waals surface area (Å²) in [7, 11) is 0. The summed E-state index contributed by atoms with van der Waals surface area (Å²) in [4.78, 5) is 31.8. The van der Waals surface area contributed by atoms with Gasteiger partial charge in [-0.2, -0.15) is 13.2 Å². The Morgan fingerprint density at radius 1 is 0.808 bits per heavy atom. The van der Waals surface area contributed by atoms with Gasteiger partial charge in [0.1, 0.15) is 5.60 Å². The van der Waals surface area contributed by atoms with E-state index in [1.54, 1.807) is 31.7 Å². The molecule has 2 aliphatic rings. The minimum Gasteiger partial charge on any atom is -0.444 e. The molecule has 7 nitrogen and oxygen atoms in total. The number of rotatable bonds is 9. The number of piperidine rings is 1. The lowest BCUT2D eigenvalue weighted by atomic mass is 9.99. The Hall–Kier alpha value is -4.38. The van der Waals surface area contributed by atoms with E-state index in [0.717, 1.165) is 24.7 Å². The maximum Gasteiger partial charge on any atom is 0.418 e. The van der Waals surface area contributed by atoms with E-state index in [9.17, 15) is 22.8 Å². The molecule has 52 heavy (non-hydrogen) atoms. The Kier molecular flexibility index (Phi) is 11.6. The molecule has 0 bridgehead atoms. The molecule has 4 aromatic carbocycles. The highest BCUT2D eigenvalue weighted by Gasteiger charge is 2.36. The van der Waals surface area contributed by atoms with E-state index in [4.69, 9.17) is 4.74 Å². The number of thioether (sulfide) groups is 1. The van der Waals surface area contributed by atoms with Crippen LogP contribution in [-0.4, -0.2) is 79.0 Å². The van der Waals surface area contributed by atoms with Crippen LogP contribution in [0.3, 0.4) is 0 Å². The summed E-state index contributed by atoms with van der Waals surface area (Å²) in [6.07, 6.45) is -2.96. The van der Waals surface area contributed by atoms with Crippen LogP contribution in [-0.2, 0) is 15.7 Å². The van der Waals surface area contributed by atoms with Crippen molar-refractivity contribution in [2.75, 3.05) is 61.8 Å². The number of carbonyl (C=O) groups excluding carboxylic acids is 2. The second kappa shape index (κ2) is 16.1. The van der Waals surface area contributed by atoms with Crippen LogP contribution >= 0.6 is 11.8 Å². The van der Waals surface area contributed by atoms with Gasteiger partial charge in [0.2, 0.25) is 5.91 Å². The van der Waals surface area contributed by atoms with E-state index < -0.39 is 23.4 Å². The highest BCUT2D eigenvalue weighted by Crippen LogP contribution is 2.39. The Morgan fingerprint density at radius 2 is 1.54 bits per heavy atom. The van der Waals surface area contributed by atoms with Gasteiger partial charge in [0.05, 0.1) is 5.56 Å². The average molecular weight is 733 g/mol. The molecule has 2 saturated heterocycles. The second-order valence-electron chi connectivity index (χ2n) is 14.6. The first-order valence-electron chi connectivity index (χ1n) is 18.0. The number of alkyl halides is 3. The van der Waals surface area contributed by atoms with Crippen molar-refractivity contribution < 1.29 is 27.5 Å². The standard InChI is InChI=1S/C41H47F3N4O3S/c1-40(2,3)51-39(50)48-24-22-46(23-25-48)36-15-13-33(27-35(36)41(42,43)44)45-19-16-38(49)47-20-17-29(18-21-47)28-52-37-11-7-10-32-26-31(12-14-34(32)37)30-8-5-4-6-9-30/h4-15,26-27,29,45H,16-25,28H2,1-3H3. The fraction of sp³-hybridized carbons (Fsp3) is 0.415. The van der Waals surface area contributed by atoms with Crippen LogP contribution in [0.15, 0.2) is 89.8 Å². The van der Waals surface area contributed by atoms with E-state index in [2.05, 4.69) is 66.0 Å². The minimum absolute atomic E-state index is 0.0115. The van der Waals surface area contributed by atoms with E-state index in [1.807, 2.05) is 22.7 Å². The summed E-state index contributed by atoms with van der Waals surface area (Å²) in [5.41, 5.74) is 1.42. The van der Waals surface area contributed by atoms with Crippen LogP contribution in [0, 0.1) is 5.92 Å². The molecule has 11 heteroatoms. The number of hydrogen-bond donors (Lipinski definition) is 1. The zero-order valence-electron chi connectivity index (χ0n) is 30.0. The van der Waals surface area contributed by atoms with Crippen molar-refractivity contribution in [3.8, 4) is 11.1 Å². The Labute approximate surface area is 308 Å². The lowest BCUT2D eigenvalue weighted by Gasteiger charge is -2.37. The van der Waals surface area contributed by atoms with Crippen molar-refractivity contribution in [1.82, 2.24) is 9.80 Å². The summed E-state index contributed by atoms with van der Waals surface area (Å²) in [5, 5.41) is 5.51. The van der Waals surface area contributed by atoms with Crippen LogP contribution in [0.4, 0.5) is 29.3 Å². The summed E-state index contributed by atoms with van der Waals surface area (Å²) < 4.78 is 48.0. The molecule has 2 aliphatic heterocycles. The number of benzene rings is 4. The molecule has 4 aromatic rings. The topological polar surface area (TPSA) is 65.1 Å². The highest BCUT2D eigenvalue weighted by atomic mass is 32.2. The third-order valence-corrected chi connectivity index (χ3v) is 10.9. The van der Waals surface area contributed by atoms with Crippen LogP contribution < -0.4 is 10.2 Å². The Bertz CT molecular complexity index is 1850. The zero-order chi connectivity index (χ0) is 36.9. The van der Waals surface area contributed by atoms with Gasteiger partial charge in [-0.25, -0.2) is 4.79 Å². The maximum atomic E-state index is 14.2. The number of fused-ring (bicyclic) bond motifs is 1. The molecule has 6 rings (SSSR count). The van der Waals surface area contributed by atoms with E-state index in [-0.39, 0.29) is 50.7 Å². The predicted octanol–water partition coefficient (Wildman–Crippen LogP) is 9.42. The van der Waals surface area contributed by atoms with Gasteiger partial charge in [-0.3, -0.25) is 4.79 Å². The largest absolute Gasteiger partial charge is 0.444 e. The number of halogens is 3. The molecule has 276 valence electrons. The summed E-state index contributed by atoms with van der Waals surface area (Å²) in [6, 6.07) is 27.7. The van der Waals surface area contributed by atoms with E-state index >= 15 is 0 Å². The first-order valence-corrected chi connectivity index (χ1v) is 19.0. The first-order chi connectivity index (χ1) is 24.8. The van der Waals surface area contributed by atoms with Crippen LogP contribution in [0.2, 0.25) is 0 Å². The van der Waals surface area contributed by atoms with Crippen molar-refractivity contribution in [1.29, 1.82) is 0 Å². The number of likely N-dealkylation sites (tertiary alicyclic amines) is 1. The van der Waals surface area contributed by atoms with Crippen molar-refractivity contribution in [3.05, 3.63) is 90.5 Å². The molecule has 2 heterocycles. The van der Waals surface area contributed by atoms with Gasteiger partial charge in [0.15, 0.2) is 0 Å². The van der Waals surface area contributed by atoms with Gasteiger partial charge in [0.25, 0.3) is 0 Å². The number of hydrogen-bond acceptors (Lipinski definition) is 6. The number of nitrogens with one attached hydrogen (secondary N) is 1. The third kappa shape index (κ3) is 9.53. The Balaban J connectivity index is 0.959. The van der Waals surface area contributed by atoms with Crippen molar-refractivity contribution in [3.63, 3.8) is 0 Å². The van der Waals surface area contributed by atoms with Crippen molar-refractivity contribution in [2.45, 2.75) is 56.7 Å². The minimum atomic E-state index is -4.56. The smallest absolute Gasteiger partial charge is 0.418 e. The number of ether oxygens (including phenoxy) is 1. The number of carbonyl (C=O) groups is 2. The summed E-state index contributed by atoms with van der Waals surface area (Å²) >= 11 is 1.88. The lowest BCUT2D eigenvalue weighted by Crippen LogP contribution is -2.50. The third-order valence-electron chi connectivity index (χ3n) is 9.63. The molecule has 0 atom stereocenters. The molecule has 2 amide bonds. The molecule has 0 spiro atoms. The fourth-order valence-corrected chi connectivity index (χ4v) is 8.09. The molecule has 0 radical (unpaired) electrons. The summed E-state index contributed by atoms with van der Waals surface area (Å²) in [6.45, 7) is 8.02. The number of amides is 2. The normalized spacial score (nSPS) is 15.9. The van der Waals surface area contributed by atoms with Crippen molar-refractivity contribution in [2.24, 2.45) is 5.92 Å². The highest BCUT2D eigenvalue weighted by molar-refractivity contribution is 7.99. The first kappa shape index (κ1) is 37.4. The molecular weight excluding hydrogens is 686 g/mol. The van der Waals surface area contributed by atoms with Crippen LogP contribution in [0.1, 0.15) is 45.6 Å². The number of nitrogens with zero attached hydrogens (tertiary/aromatic N) is 3. The van der Waals surface area contributed by atoms with Gasteiger partial charge < -0.3 is 24.8 Å². The van der Waals surface area contributed by atoms with E-state index in [1.165, 1.54) is 37.8 Å². The van der Waals surface area contributed by atoms with Gasteiger partial charge in [-0.15, -0.1) is 11.8 Å². The number of anilines is 2. The Morgan fingerprint density at radius 3 is 2.23 bits per heavy atom. The quantitative estimate of drug-likeness (QED) is 0.173. The summed E-state index contributed by atoms with van der Waals surface area (Å²) in [5.74, 6) is 1.50. The van der Waals surface area contributed by atoms with Gasteiger partial charge in [-0.1, -0.05) is 54.6 Å². The molecule has 0 unspecified atom stereocenters. The van der Waals surface area contributed by atoms with E-state index in [0.29, 0.717) is 24.7 Å². The maximum absolute atomic E-state index is 14.2. The number of piperazine rings is 1. The average Bonchev–Trinajstić information content (AvgIpc) is 3.13. The molecule has 1 N–H and O–H groups in total. The molecular formula is C41H47F3N4O3S. The molecule has 0 saturated carbocycles. The monoisotopic (exact) mass is 732 g/mol. The van der Waals surface area contributed by atoms with Crippen LogP contribution in [0.5, 0.6) is 0 Å². The van der Waals surface area contributed by atoms with Crippen LogP contribution in [0.25, 0.3) is 21.9 Å². The van der Waals surface area contributed by atoms with Gasteiger partial charge in [-0.05, 0) is 91.8 Å². The SMILES string of the molecule is CC(C)(C)OC(=O)N1CCN(c2ccc(NCCC(=O)N3CCC(CSc4cccc5cc(-c6ccccc6)ccc45)CC3)cc2C(F)(F)F)CC1. The second-order valence-corrected chi connectivity index (χ2v) is 15.6. The molecule has 2 fully saturated rings. The predicted molar refractivity (Wildman–Crippen MR) is 204 cm³/mol. The fourth-order valence-electron chi connectivity index (χ4n) is 6.82. The zero-order valence-corrected chi connectivity index (χ0v) is 30.9. The van der Waals surface area contributed by atoms with Gasteiger partial charge >= 0.3 is 12.3 Å². The molecule has 0 aliphatic carbocycles. The van der Waals surface area contributed by atoms with Gasteiger partial charge in [0, 0.05) is 74.3 Å². The molecule has 0 aromatic heterocycles. The lowest BCUT2D eigenvalue weighted by molar-refractivity contribution is -0.137. The van der Waals surface area contributed by atoms with Crippen molar-refractivity contribution >= 4 is 45.9 Å².